The number of hydrogen-bond acceptors (Lipinski definition) is 2. The zero-order chi connectivity index (χ0) is 17.8. The van der Waals surface area contributed by atoms with Gasteiger partial charge in [-0.3, -0.25) is 9.59 Å². The normalized spacial score (nSPS) is 15.0. The Kier molecular flexibility index (Phi) is 5.34. The number of piperidine rings is 1. The molecule has 4 nitrogen and oxygen atoms in total. The molecule has 2 aromatic carbocycles. The summed E-state index contributed by atoms with van der Waals surface area (Å²) in [6.07, 6.45) is 1.08. The van der Waals surface area contributed by atoms with E-state index in [-0.39, 0.29) is 23.3 Å². The van der Waals surface area contributed by atoms with Crippen LogP contribution in [-0.2, 0) is 4.79 Å². The summed E-state index contributed by atoms with van der Waals surface area (Å²) in [6, 6.07) is 13.0. The van der Waals surface area contributed by atoms with E-state index >= 15 is 0 Å². The first kappa shape index (κ1) is 17.4. The van der Waals surface area contributed by atoms with Crippen molar-refractivity contribution < 1.29 is 14.0 Å². The summed E-state index contributed by atoms with van der Waals surface area (Å²) >= 11 is 6.05. The zero-order valence-corrected chi connectivity index (χ0v) is 14.3. The molecule has 0 aromatic heterocycles. The molecule has 6 heteroatoms. The number of hydrogen-bond donors (Lipinski definition) is 1. The molecule has 0 bridgehead atoms. The molecule has 0 saturated carbocycles. The van der Waals surface area contributed by atoms with Gasteiger partial charge in [-0.25, -0.2) is 4.39 Å². The van der Waals surface area contributed by atoms with Gasteiger partial charge in [-0.1, -0.05) is 35.9 Å². The van der Waals surface area contributed by atoms with Gasteiger partial charge in [0.25, 0.3) is 5.91 Å². The molecule has 0 spiro atoms. The van der Waals surface area contributed by atoms with Gasteiger partial charge in [0, 0.05) is 19.0 Å². The maximum Gasteiger partial charge on any atom is 0.256 e. The number of nitrogens with zero attached hydrogens (tertiary/aromatic N) is 1. The fraction of sp³-hybridized carbons (Fsp3) is 0.263. The molecule has 1 aliphatic heterocycles. The minimum atomic E-state index is -0.522. The van der Waals surface area contributed by atoms with Crippen molar-refractivity contribution in [1.29, 1.82) is 0 Å². The van der Waals surface area contributed by atoms with Crippen LogP contribution >= 0.6 is 11.6 Å². The standard InChI is InChI=1S/C19H18ClFN2O2/c20-15-6-2-4-8-17(15)22-18(24)13-9-11-23(12-10-13)19(25)14-5-1-3-7-16(14)21/h1-8,13H,9-12H2,(H,22,24). The minimum absolute atomic E-state index is 0.0708. The maximum absolute atomic E-state index is 13.8. The summed E-state index contributed by atoms with van der Waals surface area (Å²) in [5.74, 6) is -1.15. The summed E-state index contributed by atoms with van der Waals surface area (Å²) in [7, 11) is 0. The average Bonchev–Trinajstić information content (AvgIpc) is 2.63. The summed E-state index contributed by atoms with van der Waals surface area (Å²) in [5.41, 5.74) is 0.653. The molecule has 130 valence electrons. The Morgan fingerprint density at radius 2 is 1.68 bits per heavy atom. The van der Waals surface area contributed by atoms with Crippen molar-refractivity contribution in [2.24, 2.45) is 5.92 Å². The Morgan fingerprint density at radius 1 is 1.04 bits per heavy atom. The monoisotopic (exact) mass is 360 g/mol. The Hall–Kier alpha value is -2.40. The number of amides is 2. The van der Waals surface area contributed by atoms with E-state index in [1.165, 1.54) is 12.1 Å². The van der Waals surface area contributed by atoms with Gasteiger partial charge in [0.05, 0.1) is 16.3 Å². The van der Waals surface area contributed by atoms with E-state index in [0.29, 0.717) is 36.6 Å². The summed E-state index contributed by atoms with van der Waals surface area (Å²) in [5, 5.41) is 3.32. The lowest BCUT2D eigenvalue weighted by molar-refractivity contribution is -0.121. The number of carbonyl (C=O) groups is 2. The van der Waals surface area contributed by atoms with Crippen molar-refractivity contribution in [1.82, 2.24) is 4.90 Å². The van der Waals surface area contributed by atoms with E-state index in [9.17, 15) is 14.0 Å². The molecular formula is C19H18ClFN2O2. The Labute approximate surface area is 150 Å². The quantitative estimate of drug-likeness (QED) is 0.900. The second-order valence-electron chi connectivity index (χ2n) is 6.02. The van der Waals surface area contributed by atoms with E-state index in [1.54, 1.807) is 41.3 Å². The summed E-state index contributed by atoms with van der Waals surface area (Å²) < 4.78 is 13.8. The molecule has 0 unspecified atom stereocenters. The van der Waals surface area contributed by atoms with Gasteiger partial charge in [0.1, 0.15) is 5.82 Å². The van der Waals surface area contributed by atoms with Gasteiger partial charge in [0.2, 0.25) is 5.91 Å². The number of carbonyl (C=O) groups excluding carboxylic acids is 2. The minimum Gasteiger partial charge on any atom is -0.339 e. The van der Waals surface area contributed by atoms with Gasteiger partial charge in [-0.15, -0.1) is 0 Å². The molecule has 2 amide bonds. The zero-order valence-electron chi connectivity index (χ0n) is 13.5. The van der Waals surface area contributed by atoms with Crippen molar-refractivity contribution in [2.75, 3.05) is 18.4 Å². The molecule has 1 fully saturated rings. The lowest BCUT2D eigenvalue weighted by Crippen LogP contribution is -2.41. The van der Waals surface area contributed by atoms with E-state index in [1.807, 2.05) is 0 Å². The average molecular weight is 361 g/mol. The van der Waals surface area contributed by atoms with Crippen LogP contribution in [0.25, 0.3) is 0 Å². The van der Waals surface area contributed by atoms with Crippen molar-refractivity contribution in [3.63, 3.8) is 0 Å². The van der Waals surface area contributed by atoms with E-state index < -0.39 is 5.82 Å². The molecule has 1 saturated heterocycles. The second-order valence-corrected chi connectivity index (χ2v) is 6.42. The van der Waals surface area contributed by atoms with E-state index in [2.05, 4.69) is 5.32 Å². The highest BCUT2D eigenvalue weighted by Crippen LogP contribution is 2.25. The van der Waals surface area contributed by atoms with Gasteiger partial charge >= 0.3 is 0 Å². The molecule has 2 aromatic rings. The van der Waals surface area contributed by atoms with Crippen LogP contribution in [-0.4, -0.2) is 29.8 Å². The summed E-state index contributed by atoms with van der Waals surface area (Å²) in [6.45, 7) is 0.849. The van der Waals surface area contributed by atoms with Gasteiger partial charge < -0.3 is 10.2 Å². The highest BCUT2D eigenvalue weighted by atomic mass is 35.5. The van der Waals surface area contributed by atoms with Crippen LogP contribution in [0, 0.1) is 11.7 Å². The predicted molar refractivity (Wildman–Crippen MR) is 95.1 cm³/mol. The molecule has 0 aliphatic carbocycles. The number of nitrogens with one attached hydrogen (secondary N) is 1. The van der Waals surface area contributed by atoms with Crippen LogP contribution < -0.4 is 5.32 Å². The lowest BCUT2D eigenvalue weighted by atomic mass is 9.95. The van der Waals surface area contributed by atoms with Crippen LogP contribution in [0.1, 0.15) is 23.2 Å². The first-order chi connectivity index (χ1) is 12.1. The highest BCUT2D eigenvalue weighted by molar-refractivity contribution is 6.33. The Morgan fingerprint density at radius 3 is 2.36 bits per heavy atom. The van der Waals surface area contributed by atoms with Crippen LogP contribution in [0.2, 0.25) is 5.02 Å². The van der Waals surface area contributed by atoms with Gasteiger partial charge in [-0.2, -0.15) is 0 Å². The topological polar surface area (TPSA) is 49.4 Å². The Bertz CT molecular complexity index is 788. The lowest BCUT2D eigenvalue weighted by Gasteiger charge is -2.31. The number of halogens is 2. The van der Waals surface area contributed by atoms with Crippen LogP contribution in [0.5, 0.6) is 0 Å². The third kappa shape index (κ3) is 3.99. The molecule has 1 heterocycles. The molecule has 1 N–H and O–H groups in total. The van der Waals surface area contributed by atoms with E-state index in [4.69, 9.17) is 11.6 Å². The predicted octanol–water partition coefficient (Wildman–Crippen LogP) is 3.97. The highest BCUT2D eigenvalue weighted by Gasteiger charge is 2.28. The van der Waals surface area contributed by atoms with Gasteiger partial charge in [0.15, 0.2) is 0 Å². The molecule has 1 aliphatic rings. The van der Waals surface area contributed by atoms with Crippen molar-refractivity contribution in [2.45, 2.75) is 12.8 Å². The fourth-order valence-electron chi connectivity index (χ4n) is 2.95. The largest absolute Gasteiger partial charge is 0.339 e. The molecule has 3 rings (SSSR count). The second kappa shape index (κ2) is 7.66. The molecular weight excluding hydrogens is 343 g/mol. The van der Waals surface area contributed by atoms with Crippen molar-refractivity contribution in [3.05, 3.63) is 64.9 Å². The van der Waals surface area contributed by atoms with Crippen LogP contribution in [0.4, 0.5) is 10.1 Å². The molecule has 25 heavy (non-hydrogen) atoms. The molecule has 0 atom stereocenters. The Balaban J connectivity index is 1.58. The smallest absolute Gasteiger partial charge is 0.256 e. The third-order valence-corrected chi connectivity index (χ3v) is 4.72. The summed E-state index contributed by atoms with van der Waals surface area (Å²) in [4.78, 5) is 26.4. The van der Waals surface area contributed by atoms with Crippen molar-refractivity contribution >= 4 is 29.1 Å². The molecule has 0 radical (unpaired) electrons. The van der Waals surface area contributed by atoms with Gasteiger partial charge in [-0.05, 0) is 37.1 Å². The maximum atomic E-state index is 13.8. The van der Waals surface area contributed by atoms with Crippen LogP contribution in [0.3, 0.4) is 0 Å². The first-order valence-electron chi connectivity index (χ1n) is 8.15. The number of anilines is 1. The number of likely N-dealkylation sites (tertiary alicyclic amines) is 1. The van der Waals surface area contributed by atoms with Crippen LogP contribution in [0.15, 0.2) is 48.5 Å². The third-order valence-electron chi connectivity index (χ3n) is 4.39. The van der Waals surface area contributed by atoms with Crippen molar-refractivity contribution in [3.8, 4) is 0 Å². The number of para-hydroxylation sites is 1. The fourth-order valence-corrected chi connectivity index (χ4v) is 3.13. The van der Waals surface area contributed by atoms with E-state index in [0.717, 1.165) is 0 Å². The number of benzene rings is 2. The first-order valence-corrected chi connectivity index (χ1v) is 8.53. The number of rotatable bonds is 3. The SMILES string of the molecule is O=C(Nc1ccccc1Cl)C1CCN(C(=O)c2ccccc2F)CC1.